The minimum atomic E-state index is -0.450. The van der Waals surface area contributed by atoms with Crippen LogP contribution in [-0.2, 0) is 0 Å². The second kappa shape index (κ2) is 6.87. The predicted molar refractivity (Wildman–Crippen MR) is 79.9 cm³/mol. The fourth-order valence-corrected chi connectivity index (χ4v) is 2.47. The maximum atomic E-state index is 14.3. The molecular formula is C16H16ClF2NO. The predicted octanol–water partition coefficient (Wildman–Crippen LogP) is 4.33. The van der Waals surface area contributed by atoms with E-state index in [1.807, 2.05) is 6.92 Å². The van der Waals surface area contributed by atoms with Gasteiger partial charge in [-0.25, -0.2) is 8.78 Å². The normalized spacial score (nSPS) is 12.2. The van der Waals surface area contributed by atoms with Crippen LogP contribution in [0.5, 0.6) is 5.75 Å². The average Bonchev–Trinajstić information content (AvgIpc) is 2.46. The van der Waals surface area contributed by atoms with Gasteiger partial charge < -0.3 is 10.1 Å². The first kappa shape index (κ1) is 15.7. The minimum absolute atomic E-state index is 0.260. The van der Waals surface area contributed by atoms with Crippen LogP contribution in [0.25, 0.3) is 0 Å². The van der Waals surface area contributed by atoms with Gasteiger partial charge in [-0.05, 0) is 30.3 Å². The largest absolute Gasteiger partial charge is 0.497 e. The van der Waals surface area contributed by atoms with Crippen molar-refractivity contribution in [1.82, 2.24) is 5.32 Å². The molecule has 1 atom stereocenters. The summed E-state index contributed by atoms with van der Waals surface area (Å²) in [6.45, 7) is 2.52. The molecule has 0 aliphatic heterocycles. The molecule has 0 amide bonds. The lowest BCUT2D eigenvalue weighted by molar-refractivity contribution is 0.410. The number of benzene rings is 2. The Kier molecular flexibility index (Phi) is 5.15. The van der Waals surface area contributed by atoms with Crippen molar-refractivity contribution in [2.24, 2.45) is 0 Å². The summed E-state index contributed by atoms with van der Waals surface area (Å²) >= 11 is 6.09. The van der Waals surface area contributed by atoms with Gasteiger partial charge in [0.05, 0.1) is 13.2 Å². The van der Waals surface area contributed by atoms with Crippen molar-refractivity contribution in [3.63, 3.8) is 0 Å². The van der Waals surface area contributed by atoms with E-state index in [2.05, 4.69) is 5.32 Å². The summed E-state index contributed by atoms with van der Waals surface area (Å²) < 4.78 is 32.5. The number of hydrogen-bond acceptors (Lipinski definition) is 2. The van der Waals surface area contributed by atoms with Gasteiger partial charge in [-0.15, -0.1) is 0 Å². The zero-order valence-electron chi connectivity index (χ0n) is 11.8. The van der Waals surface area contributed by atoms with Crippen molar-refractivity contribution in [1.29, 1.82) is 0 Å². The molecule has 2 aromatic carbocycles. The first-order valence-corrected chi connectivity index (χ1v) is 6.96. The van der Waals surface area contributed by atoms with Gasteiger partial charge in [-0.2, -0.15) is 0 Å². The molecule has 0 spiro atoms. The van der Waals surface area contributed by atoms with Crippen LogP contribution in [0.4, 0.5) is 8.78 Å². The van der Waals surface area contributed by atoms with Crippen LogP contribution in [0.3, 0.4) is 0 Å². The second-order valence-electron chi connectivity index (χ2n) is 4.54. The van der Waals surface area contributed by atoms with Crippen molar-refractivity contribution in [2.45, 2.75) is 13.0 Å². The van der Waals surface area contributed by atoms with Crippen LogP contribution in [0.2, 0.25) is 5.02 Å². The summed E-state index contributed by atoms with van der Waals surface area (Å²) in [5, 5.41) is 3.43. The number of methoxy groups -OCH3 is 1. The molecule has 0 fully saturated rings. The number of ether oxygens (including phenoxy) is 1. The molecular weight excluding hydrogens is 296 g/mol. The van der Waals surface area contributed by atoms with E-state index in [1.165, 1.54) is 25.3 Å². The molecule has 0 aromatic heterocycles. The molecule has 2 nitrogen and oxygen atoms in total. The van der Waals surface area contributed by atoms with Crippen molar-refractivity contribution >= 4 is 11.6 Å². The van der Waals surface area contributed by atoms with Gasteiger partial charge in [-0.3, -0.25) is 0 Å². The van der Waals surface area contributed by atoms with Gasteiger partial charge in [0, 0.05) is 16.7 Å². The Labute approximate surface area is 127 Å². The van der Waals surface area contributed by atoms with Gasteiger partial charge >= 0.3 is 0 Å². The molecule has 0 aliphatic rings. The molecule has 112 valence electrons. The van der Waals surface area contributed by atoms with Crippen LogP contribution < -0.4 is 10.1 Å². The van der Waals surface area contributed by atoms with E-state index in [0.717, 1.165) is 0 Å². The van der Waals surface area contributed by atoms with Gasteiger partial charge in [0.2, 0.25) is 0 Å². The standard InChI is InChI=1S/C16H16ClF2NO/c1-3-20-16(12-6-4-10(18)8-14(12)17)13-7-5-11(21-2)9-15(13)19/h4-9,16,20H,3H2,1-2H3. The SMILES string of the molecule is CCNC(c1ccc(OC)cc1F)c1ccc(F)cc1Cl. The van der Waals surface area contributed by atoms with E-state index >= 15 is 0 Å². The fraction of sp³-hybridized carbons (Fsp3) is 0.250. The highest BCUT2D eigenvalue weighted by Crippen LogP contribution is 2.31. The highest BCUT2D eigenvalue weighted by atomic mass is 35.5. The Morgan fingerprint density at radius 2 is 1.86 bits per heavy atom. The number of nitrogens with one attached hydrogen (secondary N) is 1. The molecule has 0 saturated heterocycles. The third kappa shape index (κ3) is 3.52. The second-order valence-corrected chi connectivity index (χ2v) is 4.95. The lowest BCUT2D eigenvalue weighted by Crippen LogP contribution is -2.23. The average molecular weight is 312 g/mol. The number of rotatable bonds is 5. The molecule has 0 radical (unpaired) electrons. The molecule has 1 N–H and O–H groups in total. The van der Waals surface area contributed by atoms with Crippen molar-refractivity contribution in [2.75, 3.05) is 13.7 Å². The number of hydrogen-bond donors (Lipinski definition) is 1. The summed E-state index contributed by atoms with van der Waals surface area (Å²) in [4.78, 5) is 0. The molecule has 0 saturated carbocycles. The Morgan fingerprint density at radius 1 is 1.14 bits per heavy atom. The molecule has 2 aromatic rings. The smallest absolute Gasteiger partial charge is 0.132 e. The zero-order chi connectivity index (χ0) is 15.4. The Hall–Kier alpha value is -1.65. The van der Waals surface area contributed by atoms with E-state index in [1.54, 1.807) is 18.2 Å². The topological polar surface area (TPSA) is 21.3 Å². The summed E-state index contributed by atoms with van der Waals surface area (Å²) in [6.07, 6.45) is 0. The lowest BCUT2D eigenvalue weighted by atomic mass is 9.97. The van der Waals surface area contributed by atoms with E-state index in [0.29, 0.717) is 23.4 Å². The highest BCUT2D eigenvalue weighted by molar-refractivity contribution is 6.31. The van der Waals surface area contributed by atoms with E-state index < -0.39 is 17.7 Å². The molecule has 0 aliphatic carbocycles. The molecule has 0 bridgehead atoms. The fourth-order valence-electron chi connectivity index (χ4n) is 2.20. The number of halogens is 3. The molecule has 1 unspecified atom stereocenters. The maximum absolute atomic E-state index is 14.3. The minimum Gasteiger partial charge on any atom is -0.497 e. The van der Waals surface area contributed by atoms with E-state index in [4.69, 9.17) is 16.3 Å². The highest BCUT2D eigenvalue weighted by Gasteiger charge is 2.20. The van der Waals surface area contributed by atoms with Crippen LogP contribution in [0.15, 0.2) is 36.4 Å². The van der Waals surface area contributed by atoms with Crippen LogP contribution in [-0.4, -0.2) is 13.7 Å². The van der Waals surface area contributed by atoms with Crippen LogP contribution >= 0.6 is 11.6 Å². The molecule has 21 heavy (non-hydrogen) atoms. The zero-order valence-corrected chi connectivity index (χ0v) is 12.5. The van der Waals surface area contributed by atoms with Gasteiger partial charge in [-0.1, -0.05) is 30.7 Å². The van der Waals surface area contributed by atoms with E-state index in [-0.39, 0.29) is 5.02 Å². The van der Waals surface area contributed by atoms with Gasteiger partial charge in [0.15, 0.2) is 0 Å². The van der Waals surface area contributed by atoms with Crippen molar-refractivity contribution in [3.8, 4) is 5.75 Å². The summed E-state index contributed by atoms with van der Waals surface area (Å²) in [5.74, 6) is -0.383. The van der Waals surface area contributed by atoms with Crippen LogP contribution in [0, 0.1) is 11.6 Å². The summed E-state index contributed by atoms with van der Waals surface area (Å²) in [5.41, 5.74) is 1.06. The third-order valence-electron chi connectivity index (χ3n) is 3.20. The van der Waals surface area contributed by atoms with Crippen LogP contribution in [0.1, 0.15) is 24.1 Å². The van der Waals surface area contributed by atoms with Crippen molar-refractivity contribution in [3.05, 3.63) is 64.2 Å². The molecule has 2 rings (SSSR count). The molecule has 0 heterocycles. The Balaban J connectivity index is 2.48. The summed E-state index contributed by atoms with van der Waals surface area (Å²) in [6, 6.07) is 8.29. The van der Waals surface area contributed by atoms with Crippen molar-refractivity contribution < 1.29 is 13.5 Å². The van der Waals surface area contributed by atoms with E-state index in [9.17, 15) is 8.78 Å². The third-order valence-corrected chi connectivity index (χ3v) is 3.53. The first-order chi connectivity index (χ1) is 10.1. The maximum Gasteiger partial charge on any atom is 0.132 e. The van der Waals surface area contributed by atoms with Gasteiger partial charge in [0.25, 0.3) is 0 Å². The Bertz CT molecular complexity index is 634. The van der Waals surface area contributed by atoms with Gasteiger partial charge in [0.1, 0.15) is 17.4 Å². The monoisotopic (exact) mass is 311 g/mol. The Morgan fingerprint density at radius 3 is 2.43 bits per heavy atom. The lowest BCUT2D eigenvalue weighted by Gasteiger charge is -2.21. The summed E-state index contributed by atoms with van der Waals surface area (Å²) in [7, 11) is 1.48. The quantitative estimate of drug-likeness (QED) is 0.887. The molecule has 5 heteroatoms. The first-order valence-electron chi connectivity index (χ1n) is 6.58.